The molecular weight excluding hydrogens is 903 g/mol. The van der Waals surface area contributed by atoms with Crippen LogP contribution in [0.4, 0.5) is 0 Å². The summed E-state index contributed by atoms with van der Waals surface area (Å²) in [5.41, 5.74) is 14.8. The molecule has 0 aliphatic carbocycles. The zero-order valence-electron chi connectivity index (χ0n) is 40.0. The first-order chi connectivity index (χ1) is 36.7. The molecule has 0 fully saturated rings. The summed E-state index contributed by atoms with van der Waals surface area (Å²) in [6, 6.07) is 92.3. The highest BCUT2D eigenvalue weighted by atomic mass is 16.5. The molecule has 346 valence electrons. The molecule has 0 aliphatic heterocycles. The van der Waals surface area contributed by atoms with E-state index < -0.39 is 0 Å². The molecule has 6 nitrogen and oxygen atoms in total. The predicted octanol–water partition coefficient (Wildman–Crippen LogP) is 16.8. The van der Waals surface area contributed by atoms with Crippen molar-refractivity contribution in [2.24, 2.45) is 0 Å². The Bertz CT molecular complexity index is 4700. The number of imidazole rings is 1. The SMILES string of the molecule is [c-]1n(-c2cccc(Oc3ccc4c5ccccc5n(-c5nc6ccccc6n6c7ccccc7c7cccc(c8ccccc58)c76)c4c3)c2)c2ccccc2[n+]1-c1c(-c2ccccc2)cccc1-c1ccccc1. The lowest BCUT2D eigenvalue weighted by atomic mass is 9.95. The number of aromatic nitrogens is 5. The molecule has 0 saturated heterocycles. The summed E-state index contributed by atoms with van der Waals surface area (Å²) in [6.45, 7) is 0. The largest absolute Gasteiger partial charge is 0.458 e. The zero-order valence-corrected chi connectivity index (χ0v) is 40.0. The Kier molecular flexibility index (Phi) is 9.47. The molecule has 15 aromatic rings. The zero-order chi connectivity index (χ0) is 48.7. The van der Waals surface area contributed by atoms with E-state index in [-0.39, 0.29) is 0 Å². The second-order valence-corrected chi connectivity index (χ2v) is 18.8. The van der Waals surface area contributed by atoms with Gasteiger partial charge in [0.1, 0.15) is 17.3 Å². The molecule has 11 aromatic carbocycles. The van der Waals surface area contributed by atoms with Gasteiger partial charge >= 0.3 is 0 Å². The first-order valence-electron chi connectivity index (χ1n) is 25.0. The molecule has 0 N–H and O–H groups in total. The number of hydrogen-bond donors (Lipinski definition) is 0. The second-order valence-electron chi connectivity index (χ2n) is 18.8. The summed E-state index contributed by atoms with van der Waals surface area (Å²) in [7, 11) is 0. The summed E-state index contributed by atoms with van der Waals surface area (Å²) in [4.78, 5) is 5.76. The van der Waals surface area contributed by atoms with E-state index in [0.717, 1.165) is 105 Å². The summed E-state index contributed by atoms with van der Waals surface area (Å²) < 4.78 is 16.1. The summed E-state index contributed by atoms with van der Waals surface area (Å²) in [5, 5.41) is 7.96. The predicted molar refractivity (Wildman–Crippen MR) is 303 cm³/mol. The minimum absolute atomic E-state index is 0.707. The fourth-order valence-corrected chi connectivity index (χ4v) is 11.5. The molecule has 0 radical (unpaired) electrons. The van der Waals surface area contributed by atoms with Crippen molar-refractivity contribution >= 4 is 81.8 Å². The number of benzene rings is 11. The summed E-state index contributed by atoms with van der Waals surface area (Å²) in [6.07, 6.45) is 3.82. The number of hydrogen-bond acceptors (Lipinski definition) is 2. The number of nitrogens with zero attached hydrogens (tertiary/aromatic N) is 5. The van der Waals surface area contributed by atoms with E-state index in [1.54, 1.807) is 0 Å². The molecule has 15 rings (SSSR count). The van der Waals surface area contributed by atoms with Gasteiger partial charge in [0.25, 0.3) is 6.33 Å². The summed E-state index contributed by atoms with van der Waals surface area (Å²) >= 11 is 0. The van der Waals surface area contributed by atoms with E-state index in [4.69, 9.17) is 9.72 Å². The second kappa shape index (κ2) is 16.8. The normalized spacial score (nSPS) is 11.8. The lowest BCUT2D eigenvalue weighted by molar-refractivity contribution is -0.571. The summed E-state index contributed by atoms with van der Waals surface area (Å²) in [5.74, 6) is 2.25. The first kappa shape index (κ1) is 41.7. The molecule has 0 aliphatic rings. The minimum atomic E-state index is 0.707. The maximum absolute atomic E-state index is 6.96. The first-order valence-corrected chi connectivity index (χ1v) is 25.0. The van der Waals surface area contributed by atoms with Crippen LogP contribution in [0.3, 0.4) is 0 Å². The third-order valence-electron chi connectivity index (χ3n) is 14.7. The van der Waals surface area contributed by atoms with Crippen LogP contribution in [0.1, 0.15) is 0 Å². The van der Waals surface area contributed by atoms with Crippen LogP contribution in [0, 0.1) is 6.33 Å². The van der Waals surface area contributed by atoms with Crippen LogP contribution < -0.4 is 9.30 Å². The lowest BCUT2D eigenvalue weighted by Gasteiger charge is -2.17. The fourth-order valence-electron chi connectivity index (χ4n) is 11.5. The number of rotatable bonds is 7. The van der Waals surface area contributed by atoms with Crippen molar-refractivity contribution in [3.05, 3.63) is 267 Å². The Morgan fingerprint density at radius 1 is 0.378 bits per heavy atom. The molecule has 6 heteroatoms. The molecule has 0 amide bonds. The van der Waals surface area contributed by atoms with Gasteiger partial charge in [-0.25, -0.2) is 4.98 Å². The van der Waals surface area contributed by atoms with Crippen molar-refractivity contribution in [2.75, 3.05) is 0 Å². The van der Waals surface area contributed by atoms with Crippen molar-refractivity contribution in [3.8, 4) is 50.9 Å². The number of ether oxygens (including phenoxy) is 1. The Morgan fingerprint density at radius 2 is 0.919 bits per heavy atom. The van der Waals surface area contributed by atoms with Gasteiger partial charge in [-0.15, -0.1) is 0 Å². The molecule has 0 bridgehead atoms. The van der Waals surface area contributed by atoms with Gasteiger partial charge in [-0.3, -0.25) is 13.7 Å². The Morgan fingerprint density at radius 3 is 1.68 bits per heavy atom. The molecule has 0 unspecified atom stereocenters. The molecule has 4 aromatic heterocycles. The van der Waals surface area contributed by atoms with E-state index in [9.17, 15) is 0 Å². The highest BCUT2D eigenvalue weighted by Crippen LogP contribution is 2.41. The van der Waals surface area contributed by atoms with E-state index in [1.807, 2.05) is 6.07 Å². The van der Waals surface area contributed by atoms with E-state index in [2.05, 4.69) is 279 Å². The Labute approximate surface area is 425 Å². The molecule has 0 saturated carbocycles. The highest BCUT2D eigenvalue weighted by molar-refractivity contribution is 6.21. The van der Waals surface area contributed by atoms with Crippen LogP contribution in [0.2, 0.25) is 0 Å². The van der Waals surface area contributed by atoms with Gasteiger partial charge in [0.15, 0.2) is 0 Å². The molecule has 4 heterocycles. The maximum atomic E-state index is 6.96. The quantitative estimate of drug-likeness (QED) is 0.118. The van der Waals surface area contributed by atoms with Gasteiger partial charge in [-0.1, -0.05) is 200 Å². The van der Waals surface area contributed by atoms with E-state index >= 15 is 0 Å². The average molecular weight is 946 g/mol. The molecule has 0 atom stereocenters. The third kappa shape index (κ3) is 6.52. The van der Waals surface area contributed by atoms with Crippen molar-refractivity contribution in [2.45, 2.75) is 0 Å². The van der Waals surface area contributed by atoms with Crippen LogP contribution in [0.5, 0.6) is 11.5 Å². The Balaban J connectivity index is 0.910. The highest BCUT2D eigenvalue weighted by Gasteiger charge is 2.22. The van der Waals surface area contributed by atoms with Crippen LogP contribution >= 0.6 is 0 Å². The standard InChI is InChI=1S/C68H43N5O/c1-3-20-45(21-4-1)50-30-18-31-51(46-22-5-2-6-23-46)66(50)71-44-70(63-38-15-16-39-64(63)71)47-24-17-25-48(42-47)74-49-40-41-55-53-27-9-13-36-61(53)73(65(55)43-49)68-58-29-8-7-26-52(58)56-32-19-33-57-54-28-10-12-35-60(54)72(67(56)57)62-37-14-11-34-59(62)69-68/h1-43H. The van der Waals surface area contributed by atoms with Crippen molar-refractivity contribution in [1.82, 2.24) is 18.5 Å². The van der Waals surface area contributed by atoms with Crippen molar-refractivity contribution in [3.63, 3.8) is 0 Å². The number of para-hydroxylation sites is 8. The van der Waals surface area contributed by atoms with Gasteiger partial charge in [0, 0.05) is 38.4 Å². The van der Waals surface area contributed by atoms with Gasteiger partial charge in [-0.2, -0.15) is 0 Å². The smallest absolute Gasteiger partial charge is 0.269 e. The van der Waals surface area contributed by atoms with Gasteiger partial charge in [0.2, 0.25) is 0 Å². The van der Waals surface area contributed by atoms with Crippen LogP contribution in [-0.2, 0) is 0 Å². The van der Waals surface area contributed by atoms with Gasteiger partial charge < -0.3 is 9.14 Å². The van der Waals surface area contributed by atoms with Crippen LogP contribution in [-0.4, -0.2) is 18.5 Å². The van der Waals surface area contributed by atoms with E-state index in [0.29, 0.717) is 11.5 Å². The Hall–Kier alpha value is -10.0. The number of fused-ring (bicyclic) bond motifs is 11. The van der Waals surface area contributed by atoms with Crippen LogP contribution in [0.25, 0.3) is 121 Å². The third-order valence-corrected chi connectivity index (χ3v) is 14.7. The average Bonchev–Trinajstić information content (AvgIpc) is 4.15. The monoisotopic (exact) mass is 945 g/mol. The molecule has 0 spiro atoms. The fraction of sp³-hybridized carbons (Fsp3) is 0. The van der Waals surface area contributed by atoms with Crippen LogP contribution in [0.15, 0.2) is 261 Å². The van der Waals surface area contributed by atoms with Gasteiger partial charge in [-0.05, 0) is 82.2 Å². The minimum Gasteiger partial charge on any atom is -0.458 e. The lowest BCUT2D eigenvalue weighted by Crippen LogP contribution is -2.31. The maximum Gasteiger partial charge on any atom is 0.269 e. The molecular formula is C68H43N5O. The van der Waals surface area contributed by atoms with Crippen molar-refractivity contribution in [1.29, 1.82) is 0 Å². The van der Waals surface area contributed by atoms with Crippen molar-refractivity contribution < 1.29 is 9.30 Å². The topological polar surface area (TPSA) is 40.3 Å². The van der Waals surface area contributed by atoms with Gasteiger partial charge in [0.05, 0.1) is 55.5 Å². The molecule has 74 heavy (non-hydrogen) atoms. The van der Waals surface area contributed by atoms with E-state index in [1.165, 1.54) is 16.3 Å².